The Kier molecular flexibility index (Phi) is 5.68. The lowest BCUT2D eigenvalue weighted by Gasteiger charge is -2.09. The highest BCUT2D eigenvalue weighted by Crippen LogP contribution is 2.18. The number of fused-ring (bicyclic) bond motifs is 1. The van der Waals surface area contributed by atoms with Crippen molar-refractivity contribution in [3.63, 3.8) is 0 Å². The third-order valence-electron chi connectivity index (χ3n) is 5.43. The average molecular weight is 432 g/mol. The molecule has 4 rings (SSSR count). The maximum atomic E-state index is 13.1. The molecular formula is C24H24N4O4. The molecule has 4 aromatic rings. The van der Waals surface area contributed by atoms with Crippen LogP contribution in [-0.4, -0.2) is 33.7 Å². The predicted octanol–water partition coefficient (Wildman–Crippen LogP) is 2.31. The van der Waals surface area contributed by atoms with Gasteiger partial charge in [0.15, 0.2) is 0 Å². The number of H-pyrrole nitrogens is 1. The second-order valence-corrected chi connectivity index (χ2v) is 7.60. The number of carbonyl (C=O) groups excluding carboxylic acids is 1. The van der Waals surface area contributed by atoms with Crippen molar-refractivity contribution in [2.75, 3.05) is 13.7 Å². The maximum Gasteiger partial charge on any atom is 0.333 e. The molecule has 0 unspecified atom stereocenters. The summed E-state index contributed by atoms with van der Waals surface area (Å²) in [6.07, 6.45) is 2.14. The van der Waals surface area contributed by atoms with Gasteiger partial charge >= 0.3 is 5.69 Å². The van der Waals surface area contributed by atoms with Crippen LogP contribution < -0.4 is 21.3 Å². The molecule has 0 bridgehead atoms. The van der Waals surface area contributed by atoms with Crippen molar-refractivity contribution in [3.8, 4) is 11.4 Å². The standard InChI is InChI=1S/C24H24N4O4/c1-15-8-10-17(11-9-15)28-23(30)21-20(26-24(28)31)18(14-27(21)2)22(29)25-13-12-16-6-4-5-7-19(16)32-3/h4-11,14H,12-13H2,1-3H3,(H,25,29)(H,26,31). The molecular weight excluding hydrogens is 408 g/mol. The second-order valence-electron chi connectivity index (χ2n) is 7.60. The molecule has 0 aliphatic rings. The Bertz CT molecular complexity index is 1410. The Labute approximate surface area is 184 Å². The number of hydrogen-bond donors (Lipinski definition) is 2. The van der Waals surface area contributed by atoms with Gasteiger partial charge in [0.05, 0.1) is 23.9 Å². The number of aromatic nitrogens is 3. The summed E-state index contributed by atoms with van der Waals surface area (Å²) in [5.41, 5.74) is 2.10. The molecule has 164 valence electrons. The van der Waals surface area contributed by atoms with Crippen molar-refractivity contribution in [2.24, 2.45) is 7.05 Å². The van der Waals surface area contributed by atoms with Crippen LogP contribution in [0.25, 0.3) is 16.7 Å². The lowest BCUT2D eigenvalue weighted by Crippen LogP contribution is -2.34. The highest BCUT2D eigenvalue weighted by molar-refractivity contribution is 6.05. The zero-order valence-electron chi connectivity index (χ0n) is 18.1. The molecule has 0 saturated carbocycles. The molecule has 0 radical (unpaired) electrons. The van der Waals surface area contributed by atoms with Crippen LogP contribution in [0.5, 0.6) is 5.75 Å². The summed E-state index contributed by atoms with van der Waals surface area (Å²) >= 11 is 0. The molecule has 0 aliphatic heterocycles. The number of hydrogen-bond acceptors (Lipinski definition) is 4. The molecule has 0 aliphatic carbocycles. The minimum absolute atomic E-state index is 0.223. The first-order chi connectivity index (χ1) is 15.4. The Morgan fingerprint density at radius 2 is 1.81 bits per heavy atom. The Balaban J connectivity index is 1.64. The highest BCUT2D eigenvalue weighted by Gasteiger charge is 2.20. The fourth-order valence-electron chi connectivity index (χ4n) is 3.79. The Hall–Kier alpha value is -4.07. The zero-order chi connectivity index (χ0) is 22.8. The number of nitrogens with one attached hydrogen (secondary N) is 2. The van der Waals surface area contributed by atoms with E-state index in [1.807, 2.05) is 43.3 Å². The SMILES string of the molecule is COc1ccccc1CCNC(=O)c1cn(C)c2c(=O)n(-c3ccc(C)cc3)c(=O)[nH]c12. The molecule has 0 saturated heterocycles. The van der Waals surface area contributed by atoms with Crippen molar-refractivity contribution in [3.05, 3.63) is 92.3 Å². The number of benzene rings is 2. The number of nitrogens with zero attached hydrogens (tertiary/aromatic N) is 2. The van der Waals surface area contributed by atoms with Crippen LogP contribution in [0, 0.1) is 6.92 Å². The zero-order valence-corrected chi connectivity index (χ0v) is 18.1. The van der Waals surface area contributed by atoms with Gasteiger partial charge in [-0.2, -0.15) is 0 Å². The van der Waals surface area contributed by atoms with E-state index < -0.39 is 11.2 Å². The summed E-state index contributed by atoms with van der Waals surface area (Å²) in [7, 11) is 3.28. The molecule has 2 N–H and O–H groups in total. The molecule has 0 fully saturated rings. The van der Waals surface area contributed by atoms with Gasteiger partial charge in [-0.15, -0.1) is 0 Å². The number of ether oxygens (including phenoxy) is 1. The smallest absolute Gasteiger partial charge is 0.333 e. The average Bonchev–Trinajstić information content (AvgIpc) is 3.11. The monoisotopic (exact) mass is 432 g/mol. The topological polar surface area (TPSA) is 98.1 Å². The lowest BCUT2D eigenvalue weighted by molar-refractivity contribution is 0.0955. The number of amides is 1. The number of para-hydroxylation sites is 1. The number of rotatable bonds is 6. The molecule has 2 aromatic carbocycles. The molecule has 2 aromatic heterocycles. The van der Waals surface area contributed by atoms with Crippen LogP contribution in [-0.2, 0) is 13.5 Å². The van der Waals surface area contributed by atoms with E-state index >= 15 is 0 Å². The summed E-state index contributed by atoms with van der Waals surface area (Å²) in [5, 5.41) is 2.86. The minimum atomic E-state index is -0.597. The van der Waals surface area contributed by atoms with Crippen molar-refractivity contribution >= 4 is 16.9 Å². The van der Waals surface area contributed by atoms with E-state index in [4.69, 9.17) is 4.74 Å². The first-order valence-electron chi connectivity index (χ1n) is 10.2. The largest absolute Gasteiger partial charge is 0.496 e. The van der Waals surface area contributed by atoms with Gasteiger partial charge in [0.2, 0.25) is 0 Å². The number of methoxy groups -OCH3 is 1. The van der Waals surface area contributed by atoms with E-state index in [-0.39, 0.29) is 22.5 Å². The van der Waals surface area contributed by atoms with Gasteiger partial charge in [-0.25, -0.2) is 9.36 Å². The molecule has 8 heteroatoms. The molecule has 0 spiro atoms. The Morgan fingerprint density at radius 1 is 1.09 bits per heavy atom. The van der Waals surface area contributed by atoms with Gasteiger partial charge < -0.3 is 19.6 Å². The van der Waals surface area contributed by atoms with E-state index in [1.54, 1.807) is 37.1 Å². The lowest BCUT2D eigenvalue weighted by atomic mass is 10.1. The fraction of sp³-hybridized carbons (Fsp3) is 0.208. The van der Waals surface area contributed by atoms with Gasteiger partial charge in [0.25, 0.3) is 11.5 Å². The minimum Gasteiger partial charge on any atom is -0.496 e. The van der Waals surface area contributed by atoms with E-state index in [1.165, 1.54) is 0 Å². The predicted molar refractivity (Wildman–Crippen MR) is 123 cm³/mol. The maximum absolute atomic E-state index is 13.1. The summed E-state index contributed by atoms with van der Waals surface area (Å²) in [6.45, 7) is 2.30. The van der Waals surface area contributed by atoms with Crippen LogP contribution in [0.1, 0.15) is 21.5 Å². The fourth-order valence-corrected chi connectivity index (χ4v) is 3.79. The highest BCUT2D eigenvalue weighted by atomic mass is 16.5. The van der Waals surface area contributed by atoms with Crippen LogP contribution in [0.4, 0.5) is 0 Å². The van der Waals surface area contributed by atoms with Crippen LogP contribution in [0.15, 0.2) is 64.3 Å². The van der Waals surface area contributed by atoms with Crippen molar-refractivity contribution < 1.29 is 9.53 Å². The van der Waals surface area contributed by atoms with Crippen molar-refractivity contribution in [1.29, 1.82) is 0 Å². The van der Waals surface area contributed by atoms with Crippen LogP contribution >= 0.6 is 0 Å². The van der Waals surface area contributed by atoms with Gasteiger partial charge in [0, 0.05) is 19.8 Å². The first kappa shape index (κ1) is 21.2. The van der Waals surface area contributed by atoms with E-state index in [0.29, 0.717) is 18.7 Å². The molecule has 32 heavy (non-hydrogen) atoms. The van der Waals surface area contributed by atoms with Gasteiger partial charge in [-0.1, -0.05) is 35.9 Å². The van der Waals surface area contributed by atoms with Gasteiger partial charge in [-0.05, 0) is 37.1 Å². The number of aryl methyl sites for hydroxylation is 2. The molecule has 8 nitrogen and oxygen atoms in total. The Morgan fingerprint density at radius 3 is 2.53 bits per heavy atom. The number of carbonyl (C=O) groups is 1. The third kappa shape index (κ3) is 3.82. The molecule has 2 heterocycles. The second kappa shape index (κ2) is 8.58. The van der Waals surface area contributed by atoms with Crippen LogP contribution in [0.2, 0.25) is 0 Å². The van der Waals surface area contributed by atoms with E-state index in [2.05, 4.69) is 10.3 Å². The summed E-state index contributed by atoms with van der Waals surface area (Å²) < 4.78 is 7.97. The van der Waals surface area contributed by atoms with Crippen molar-refractivity contribution in [2.45, 2.75) is 13.3 Å². The molecule has 1 amide bonds. The number of aromatic amines is 1. The first-order valence-corrected chi connectivity index (χ1v) is 10.2. The van der Waals surface area contributed by atoms with E-state index in [9.17, 15) is 14.4 Å². The summed E-state index contributed by atoms with van der Waals surface area (Å²) in [4.78, 5) is 41.4. The van der Waals surface area contributed by atoms with Crippen LogP contribution in [0.3, 0.4) is 0 Å². The molecule has 0 atom stereocenters. The summed E-state index contributed by atoms with van der Waals surface area (Å²) in [6, 6.07) is 14.7. The van der Waals surface area contributed by atoms with Crippen molar-refractivity contribution in [1.82, 2.24) is 19.4 Å². The quantitative estimate of drug-likeness (QED) is 0.489. The van der Waals surface area contributed by atoms with Gasteiger partial charge in [-0.3, -0.25) is 9.59 Å². The normalized spacial score (nSPS) is 11.0. The third-order valence-corrected chi connectivity index (χ3v) is 5.43. The summed E-state index contributed by atoms with van der Waals surface area (Å²) in [5.74, 6) is 0.390. The van der Waals surface area contributed by atoms with Gasteiger partial charge in [0.1, 0.15) is 11.3 Å². The van der Waals surface area contributed by atoms with E-state index in [0.717, 1.165) is 21.4 Å².